The van der Waals surface area contributed by atoms with E-state index in [9.17, 15) is 18.0 Å². The van der Waals surface area contributed by atoms with Crippen molar-refractivity contribution in [1.29, 1.82) is 0 Å². The summed E-state index contributed by atoms with van der Waals surface area (Å²) in [7, 11) is 1.30. The molecule has 0 spiro atoms. The van der Waals surface area contributed by atoms with Crippen molar-refractivity contribution in [2.24, 2.45) is 0 Å². The van der Waals surface area contributed by atoms with Gasteiger partial charge in [-0.05, 0) is 13.0 Å². The molecule has 1 N–H and O–H groups in total. The minimum atomic E-state index is -4.27. The molecular weight excluding hydrogens is 227 g/mol. The highest BCUT2D eigenvalue weighted by molar-refractivity contribution is 5.69. The number of esters is 1. The summed E-state index contributed by atoms with van der Waals surface area (Å²) in [6.07, 6.45) is -3.55. The Morgan fingerprint density at radius 2 is 2.00 bits per heavy atom. The molecule has 0 amide bonds. The van der Waals surface area contributed by atoms with Gasteiger partial charge in [0.2, 0.25) is 0 Å². The van der Waals surface area contributed by atoms with Crippen LogP contribution in [0.2, 0.25) is 0 Å². The third-order valence-corrected chi connectivity index (χ3v) is 1.64. The Hall–Kier alpha value is -0.820. The van der Waals surface area contributed by atoms with Crippen LogP contribution in [0.3, 0.4) is 0 Å². The lowest BCUT2D eigenvalue weighted by atomic mass is 10.4. The van der Waals surface area contributed by atoms with Crippen LogP contribution < -0.4 is 5.32 Å². The molecule has 0 aliphatic rings. The Morgan fingerprint density at radius 1 is 1.31 bits per heavy atom. The van der Waals surface area contributed by atoms with Crippen LogP contribution in [0.5, 0.6) is 0 Å². The average molecular weight is 243 g/mol. The molecule has 0 atom stereocenters. The van der Waals surface area contributed by atoms with Gasteiger partial charge in [-0.3, -0.25) is 4.79 Å². The highest BCUT2D eigenvalue weighted by Gasteiger charge is 2.27. The number of carbonyl (C=O) groups excluding carboxylic acids is 1. The van der Waals surface area contributed by atoms with Gasteiger partial charge < -0.3 is 14.8 Å². The van der Waals surface area contributed by atoms with Crippen molar-refractivity contribution in [3.63, 3.8) is 0 Å². The largest absolute Gasteiger partial charge is 0.469 e. The van der Waals surface area contributed by atoms with E-state index in [0.29, 0.717) is 19.5 Å². The van der Waals surface area contributed by atoms with Gasteiger partial charge in [0.05, 0.1) is 13.5 Å². The first kappa shape index (κ1) is 15.2. The van der Waals surface area contributed by atoms with Gasteiger partial charge in [0.25, 0.3) is 0 Å². The van der Waals surface area contributed by atoms with Crippen LogP contribution in [0.25, 0.3) is 0 Å². The molecular formula is C9H16F3NO3. The van der Waals surface area contributed by atoms with Gasteiger partial charge in [-0.2, -0.15) is 13.2 Å². The van der Waals surface area contributed by atoms with Crippen LogP contribution in [0.15, 0.2) is 0 Å². The topological polar surface area (TPSA) is 47.6 Å². The van der Waals surface area contributed by atoms with E-state index in [2.05, 4.69) is 14.8 Å². The molecule has 0 saturated heterocycles. The second kappa shape index (κ2) is 8.35. The van der Waals surface area contributed by atoms with Crippen LogP contribution in [0.4, 0.5) is 13.2 Å². The highest BCUT2D eigenvalue weighted by Crippen LogP contribution is 2.14. The zero-order chi connectivity index (χ0) is 12.4. The lowest BCUT2D eigenvalue weighted by Crippen LogP contribution is -2.22. The van der Waals surface area contributed by atoms with Crippen molar-refractivity contribution in [1.82, 2.24) is 5.32 Å². The van der Waals surface area contributed by atoms with E-state index in [1.165, 1.54) is 7.11 Å². The number of nitrogens with one attached hydrogen (secondary N) is 1. The van der Waals surface area contributed by atoms with Gasteiger partial charge in [-0.1, -0.05) is 0 Å². The van der Waals surface area contributed by atoms with E-state index < -0.39 is 12.8 Å². The van der Waals surface area contributed by atoms with Crippen molar-refractivity contribution in [3.8, 4) is 0 Å². The second-order valence-electron chi connectivity index (χ2n) is 3.10. The van der Waals surface area contributed by atoms with Gasteiger partial charge in [-0.25, -0.2) is 0 Å². The van der Waals surface area contributed by atoms with Crippen LogP contribution in [0, 0.1) is 0 Å². The molecule has 0 fully saturated rings. The third kappa shape index (κ3) is 11.3. The SMILES string of the molecule is COC(=O)CCNCCCOCC(F)(F)F. The molecule has 0 aliphatic carbocycles. The maximum Gasteiger partial charge on any atom is 0.411 e. The number of hydrogen-bond donors (Lipinski definition) is 1. The first-order valence-electron chi connectivity index (χ1n) is 4.88. The summed E-state index contributed by atoms with van der Waals surface area (Å²) in [5, 5.41) is 2.89. The second-order valence-corrected chi connectivity index (χ2v) is 3.10. The molecule has 0 unspecified atom stereocenters. The number of alkyl halides is 3. The molecule has 0 bridgehead atoms. The fourth-order valence-corrected chi connectivity index (χ4v) is 0.905. The summed E-state index contributed by atoms with van der Waals surface area (Å²) < 4.78 is 43.7. The van der Waals surface area contributed by atoms with Gasteiger partial charge in [0, 0.05) is 13.2 Å². The average Bonchev–Trinajstić information content (AvgIpc) is 2.20. The van der Waals surface area contributed by atoms with E-state index in [0.717, 1.165) is 0 Å². The summed E-state index contributed by atoms with van der Waals surface area (Å²) in [6, 6.07) is 0. The fourth-order valence-electron chi connectivity index (χ4n) is 0.905. The Bertz CT molecular complexity index is 197. The van der Waals surface area contributed by atoms with Gasteiger partial charge >= 0.3 is 12.1 Å². The third-order valence-electron chi connectivity index (χ3n) is 1.64. The summed E-state index contributed by atoms with van der Waals surface area (Å²) >= 11 is 0. The van der Waals surface area contributed by atoms with Gasteiger partial charge in [0.15, 0.2) is 0 Å². The van der Waals surface area contributed by atoms with Gasteiger partial charge in [-0.15, -0.1) is 0 Å². The number of methoxy groups -OCH3 is 1. The van der Waals surface area contributed by atoms with E-state index in [4.69, 9.17) is 0 Å². The quantitative estimate of drug-likeness (QED) is 0.512. The molecule has 0 rings (SSSR count). The lowest BCUT2D eigenvalue weighted by Gasteiger charge is -2.07. The predicted octanol–water partition coefficient (Wildman–Crippen LogP) is 1.11. The maximum absolute atomic E-state index is 11.6. The molecule has 0 heterocycles. The minimum absolute atomic E-state index is 0.0464. The van der Waals surface area contributed by atoms with Crippen molar-refractivity contribution in [2.45, 2.75) is 19.0 Å². The van der Waals surface area contributed by atoms with Crippen molar-refractivity contribution in [3.05, 3.63) is 0 Å². The number of hydrogen-bond acceptors (Lipinski definition) is 4. The van der Waals surface area contributed by atoms with Crippen molar-refractivity contribution >= 4 is 5.97 Å². The smallest absolute Gasteiger partial charge is 0.411 e. The summed E-state index contributed by atoms with van der Waals surface area (Å²) in [4.78, 5) is 10.6. The number of ether oxygens (including phenoxy) is 2. The first-order valence-corrected chi connectivity index (χ1v) is 4.88. The monoisotopic (exact) mass is 243 g/mol. The van der Waals surface area contributed by atoms with Crippen LogP contribution in [-0.2, 0) is 14.3 Å². The van der Waals surface area contributed by atoms with Crippen molar-refractivity contribution in [2.75, 3.05) is 33.4 Å². The molecule has 0 aromatic carbocycles. The van der Waals surface area contributed by atoms with Crippen molar-refractivity contribution < 1.29 is 27.4 Å². The Morgan fingerprint density at radius 3 is 2.56 bits per heavy atom. The molecule has 0 aromatic rings. The Balaban J connectivity index is 3.13. The lowest BCUT2D eigenvalue weighted by molar-refractivity contribution is -0.174. The van der Waals surface area contributed by atoms with Gasteiger partial charge in [0.1, 0.15) is 6.61 Å². The summed E-state index contributed by atoms with van der Waals surface area (Å²) in [6.45, 7) is -0.208. The molecule has 0 radical (unpaired) electrons. The van der Waals surface area contributed by atoms with Crippen LogP contribution >= 0.6 is 0 Å². The molecule has 16 heavy (non-hydrogen) atoms. The zero-order valence-corrected chi connectivity index (χ0v) is 9.10. The first-order chi connectivity index (χ1) is 7.45. The molecule has 4 nitrogen and oxygen atoms in total. The zero-order valence-electron chi connectivity index (χ0n) is 9.10. The van der Waals surface area contributed by atoms with Crippen LogP contribution in [0.1, 0.15) is 12.8 Å². The predicted molar refractivity (Wildman–Crippen MR) is 51.0 cm³/mol. The number of halogens is 3. The molecule has 0 saturated carbocycles. The van der Waals surface area contributed by atoms with E-state index in [-0.39, 0.29) is 19.0 Å². The standard InChI is InChI=1S/C9H16F3NO3/c1-15-8(14)3-5-13-4-2-6-16-7-9(10,11)12/h13H,2-7H2,1H3. The summed E-state index contributed by atoms with van der Waals surface area (Å²) in [5.41, 5.74) is 0. The molecule has 7 heteroatoms. The van der Waals surface area contributed by atoms with E-state index in [1.54, 1.807) is 0 Å². The van der Waals surface area contributed by atoms with Crippen LogP contribution in [-0.4, -0.2) is 45.6 Å². The highest BCUT2D eigenvalue weighted by atomic mass is 19.4. The van der Waals surface area contributed by atoms with E-state index >= 15 is 0 Å². The fraction of sp³-hybridized carbons (Fsp3) is 0.889. The molecule has 0 aromatic heterocycles. The number of rotatable bonds is 8. The maximum atomic E-state index is 11.6. The van der Waals surface area contributed by atoms with E-state index in [1.807, 2.05) is 0 Å². The minimum Gasteiger partial charge on any atom is -0.469 e. The number of carbonyl (C=O) groups is 1. The molecule has 0 aliphatic heterocycles. The Kier molecular flexibility index (Phi) is 7.92. The Labute approximate surface area is 92.1 Å². The summed E-state index contributed by atoms with van der Waals surface area (Å²) in [5.74, 6) is -0.319. The molecule has 96 valence electrons. The normalized spacial score (nSPS) is 11.5.